The van der Waals surface area contributed by atoms with Gasteiger partial charge in [0.15, 0.2) is 0 Å². The molecule has 1 N–H and O–H groups in total. The molecule has 5 heteroatoms. The lowest BCUT2D eigenvalue weighted by atomic mass is 9.96. The molecule has 0 aromatic carbocycles. The molecule has 0 rings (SSSR count). The third kappa shape index (κ3) is 5.40. The van der Waals surface area contributed by atoms with E-state index in [0.29, 0.717) is 0 Å². The summed E-state index contributed by atoms with van der Waals surface area (Å²) < 4.78 is -0.0177. The molecule has 1 amide bonds. The van der Waals surface area contributed by atoms with Crippen molar-refractivity contribution >= 4 is 40.7 Å². The van der Waals surface area contributed by atoms with Crippen molar-refractivity contribution in [2.75, 3.05) is 6.54 Å². The third-order valence-electron chi connectivity index (χ3n) is 1.29. The highest BCUT2D eigenvalue weighted by Gasteiger charge is 2.20. The molecule has 0 fully saturated rings. The van der Waals surface area contributed by atoms with Gasteiger partial charge in [-0.25, -0.2) is 0 Å². The Morgan fingerprint density at radius 3 is 2.00 bits per heavy atom. The van der Waals surface area contributed by atoms with Crippen LogP contribution in [-0.4, -0.2) is 12.5 Å². The SMILES string of the molecule is CC(C)(C)C(=O)NCC(Cl)=C(Cl)Cl. The summed E-state index contributed by atoms with van der Waals surface area (Å²) >= 11 is 16.4. The van der Waals surface area contributed by atoms with Crippen molar-refractivity contribution in [3.05, 3.63) is 9.52 Å². The Morgan fingerprint density at radius 2 is 1.69 bits per heavy atom. The predicted molar refractivity (Wildman–Crippen MR) is 57.0 cm³/mol. The summed E-state index contributed by atoms with van der Waals surface area (Å²) in [6.07, 6.45) is 0. The van der Waals surface area contributed by atoms with Crippen molar-refractivity contribution in [1.82, 2.24) is 5.32 Å². The summed E-state index contributed by atoms with van der Waals surface area (Å²) in [5.41, 5.74) is -0.435. The van der Waals surface area contributed by atoms with Gasteiger partial charge in [0.1, 0.15) is 4.49 Å². The Morgan fingerprint density at radius 1 is 1.23 bits per heavy atom. The number of hydrogen-bond acceptors (Lipinski definition) is 1. The lowest BCUT2D eigenvalue weighted by Crippen LogP contribution is -2.35. The number of hydrogen-bond donors (Lipinski definition) is 1. The summed E-state index contributed by atoms with van der Waals surface area (Å²) in [6.45, 7) is 5.59. The van der Waals surface area contributed by atoms with Crippen molar-refractivity contribution in [2.24, 2.45) is 5.41 Å². The van der Waals surface area contributed by atoms with Crippen LogP contribution in [0.4, 0.5) is 0 Å². The van der Waals surface area contributed by atoms with Crippen LogP contribution in [0.5, 0.6) is 0 Å². The number of carbonyl (C=O) groups excluding carboxylic acids is 1. The van der Waals surface area contributed by atoms with Crippen LogP contribution in [0.2, 0.25) is 0 Å². The van der Waals surface area contributed by atoms with Gasteiger partial charge in [-0.15, -0.1) is 0 Å². The van der Waals surface area contributed by atoms with E-state index >= 15 is 0 Å². The van der Waals surface area contributed by atoms with Crippen molar-refractivity contribution in [1.29, 1.82) is 0 Å². The average Bonchev–Trinajstić information content (AvgIpc) is 1.97. The van der Waals surface area contributed by atoms with Crippen LogP contribution in [0, 0.1) is 5.41 Å². The first-order valence-electron chi connectivity index (χ1n) is 3.73. The molecule has 0 atom stereocenters. The highest BCUT2D eigenvalue weighted by molar-refractivity contribution is 6.59. The molecule has 2 nitrogen and oxygen atoms in total. The molecular weight excluding hydrogens is 232 g/mol. The van der Waals surface area contributed by atoms with E-state index in [-0.39, 0.29) is 22.0 Å². The number of rotatable bonds is 2. The van der Waals surface area contributed by atoms with Crippen molar-refractivity contribution in [3.8, 4) is 0 Å². The van der Waals surface area contributed by atoms with E-state index in [2.05, 4.69) is 5.32 Å². The second kappa shape index (κ2) is 5.08. The molecule has 0 bridgehead atoms. The zero-order valence-electron chi connectivity index (χ0n) is 7.75. The second-order valence-corrected chi connectivity index (χ2v) is 5.00. The topological polar surface area (TPSA) is 29.1 Å². The van der Waals surface area contributed by atoms with Crippen LogP contribution in [0.25, 0.3) is 0 Å². The monoisotopic (exact) mass is 243 g/mol. The Balaban J connectivity index is 4.07. The smallest absolute Gasteiger partial charge is 0.225 e. The molecule has 76 valence electrons. The minimum atomic E-state index is -0.435. The van der Waals surface area contributed by atoms with Gasteiger partial charge in [-0.3, -0.25) is 4.79 Å². The molecule has 0 radical (unpaired) electrons. The van der Waals surface area contributed by atoms with E-state index in [1.54, 1.807) is 0 Å². The first-order valence-corrected chi connectivity index (χ1v) is 4.86. The maximum atomic E-state index is 11.3. The Labute approximate surface area is 93.2 Å². The molecule has 0 unspecified atom stereocenters. The van der Waals surface area contributed by atoms with Gasteiger partial charge in [0, 0.05) is 5.41 Å². The van der Waals surface area contributed by atoms with Gasteiger partial charge >= 0.3 is 0 Å². The molecule has 0 saturated heterocycles. The molecule has 0 spiro atoms. The van der Waals surface area contributed by atoms with Crippen LogP contribution in [0.15, 0.2) is 9.52 Å². The second-order valence-electron chi connectivity index (χ2n) is 3.60. The number of halogens is 3. The quantitative estimate of drug-likeness (QED) is 0.795. The average molecular weight is 245 g/mol. The first kappa shape index (κ1) is 13.1. The third-order valence-corrected chi connectivity index (χ3v) is 2.26. The summed E-state index contributed by atoms with van der Waals surface area (Å²) in [4.78, 5) is 11.3. The highest BCUT2D eigenvalue weighted by atomic mass is 35.5. The standard InChI is InChI=1S/C8H12Cl3NO/c1-8(2,3)7(13)12-4-5(9)6(10)11/h4H2,1-3H3,(H,12,13). The van der Waals surface area contributed by atoms with Crippen molar-refractivity contribution < 1.29 is 4.79 Å². The largest absolute Gasteiger partial charge is 0.351 e. The van der Waals surface area contributed by atoms with Crippen LogP contribution >= 0.6 is 34.8 Å². The molecule has 0 aliphatic heterocycles. The molecule has 0 saturated carbocycles. The molecule has 0 aromatic rings. The molecule has 0 heterocycles. The molecule has 0 aromatic heterocycles. The van der Waals surface area contributed by atoms with Gasteiger partial charge < -0.3 is 5.32 Å². The molecular formula is C8H12Cl3NO. The minimum Gasteiger partial charge on any atom is -0.351 e. The lowest BCUT2D eigenvalue weighted by molar-refractivity contribution is -0.128. The fraction of sp³-hybridized carbons (Fsp3) is 0.625. The zero-order chi connectivity index (χ0) is 10.6. The number of carbonyl (C=O) groups is 1. The van der Waals surface area contributed by atoms with E-state index in [0.717, 1.165) is 0 Å². The van der Waals surface area contributed by atoms with Crippen LogP contribution in [-0.2, 0) is 4.79 Å². The summed E-state index contributed by atoms with van der Waals surface area (Å²) in [5, 5.41) is 2.84. The predicted octanol–water partition coefficient (Wildman–Crippen LogP) is 3.03. The van der Waals surface area contributed by atoms with Crippen molar-refractivity contribution in [3.63, 3.8) is 0 Å². The number of nitrogens with one attached hydrogen (secondary N) is 1. The fourth-order valence-corrected chi connectivity index (χ4v) is 0.690. The van der Waals surface area contributed by atoms with Gasteiger partial charge in [0.2, 0.25) is 5.91 Å². The van der Waals surface area contributed by atoms with Crippen LogP contribution < -0.4 is 5.32 Å². The highest BCUT2D eigenvalue weighted by Crippen LogP contribution is 2.17. The van der Waals surface area contributed by atoms with Crippen molar-refractivity contribution in [2.45, 2.75) is 20.8 Å². The van der Waals surface area contributed by atoms with Crippen LogP contribution in [0.3, 0.4) is 0 Å². The van der Waals surface area contributed by atoms with Gasteiger partial charge in [0.05, 0.1) is 11.6 Å². The number of amides is 1. The molecule has 13 heavy (non-hydrogen) atoms. The molecule has 0 aliphatic carbocycles. The van der Waals surface area contributed by atoms with E-state index < -0.39 is 5.41 Å². The summed E-state index contributed by atoms with van der Waals surface area (Å²) in [5.74, 6) is -0.0970. The molecule has 0 aliphatic rings. The van der Waals surface area contributed by atoms with Crippen LogP contribution in [0.1, 0.15) is 20.8 Å². The normalized spacial score (nSPS) is 10.9. The van der Waals surface area contributed by atoms with E-state index in [9.17, 15) is 4.79 Å². The maximum absolute atomic E-state index is 11.3. The maximum Gasteiger partial charge on any atom is 0.225 e. The van der Waals surface area contributed by atoms with Gasteiger partial charge in [-0.05, 0) is 0 Å². The summed E-state index contributed by atoms with van der Waals surface area (Å²) in [7, 11) is 0. The van der Waals surface area contributed by atoms with E-state index in [1.165, 1.54) is 0 Å². The van der Waals surface area contributed by atoms with Gasteiger partial charge in [-0.1, -0.05) is 55.6 Å². The zero-order valence-corrected chi connectivity index (χ0v) is 10.0. The van der Waals surface area contributed by atoms with Gasteiger partial charge in [-0.2, -0.15) is 0 Å². The Bertz CT molecular complexity index is 226. The Hall–Kier alpha value is 0.0800. The minimum absolute atomic E-state index is 0.0177. The fourth-order valence-electron chi connectivity index (χ4n) is 0.490. The lowest BCUT2D eigenvalue weighted by Gasteiger charge is -2.17. The Kier molecular flexibility index (Phi) is 5.11. The van der Waals surface area contributed by atoms with E-state index in [4.69, 9.17) is 34.8 Å². The van der Waals surface area contributed by atoms with E-state index in [1.807, 2.05) is 20.8 Å². The van der Waals surface area contributed by atoms with Gasteiger partial charge in [0.25, 0.3) is 0 Å². The summed E-state index contributed by atoms with van der Waals surface area (Å²) in [6, 6.07) is 0. The first-order chi connectivity index (χ1) is 5.75.